The second kappa shape index (κ2) is 6.83. The summed E-state index contributed by atoms with van der Waals surface area (Å²) in [5.41, 5.74) is 2.97. The lowest BCUT2D eigenvalue weighted by Crippen LogP contribution is -2.25. The maximum absolute atomic E-state index is 6.29. The molecule has 1 aromatic rings. The first-order valence-corrected chi connectivity index (χ1v) is 8.83. The largest absolute Gasteiger partial charge is 0.490 e. The van der Waals surface area contributed by atoms with Crippen molar-refractivity contribution >= 4 is 0 Å². The highest BCUT2D eigenvalue weighted by Gasteiger charge is 2.24. The maximum atomic E-state index is 6.29. The monoisotopic (exact) mass is 287 g/mol. The molecule has 2 heteroatoms. The fourth-order valence-corrected chi connectivity index (χ4v) is 4.04. The van der Waals surface area contributed by atoms with Gasteiger partial charge in [-0.2, -0.15) is 0 Å². The van der Waals surface area contributed by atoms with Crippen LogP contribution in [0.3, 0.4) is 0 Å². The standard InChI is InChI=1S/C19H29NO/c1-3-14-6-5-7-16(12-14)21-17-9-10-18-15(13-17)8-11-19(18)20-4-2/h9-10,13-14,16,19-20H,3-8,11-12H2,1-2H3. The molecule has 116 valence electrons. The van der Waals surface area contributed by atoms with Crippen molar-refractivity contribution in [3.63, 3.8) is 0 Å². The molecule has 21 heavy (non-hydrogen) atoms. The van der Waals surface area contributed by atoms with Crippen molar-refractivity contribution in [2.75, 3.05) is 6.54 Å². The van der Waals surface area contributed by atoms with Crippen molar-refractivity contribution in [2.24, 2.45) is 5.92 Å². The fourth-order valence-electron chi connectivity index (χ4n) is 4.04. The van der Waals surface area contributed by atoms with E-state index in [1.165, 1.54) is 56.1 Å². The van der Waals surface area contributed by atoms with Crippen LogP contribution in [0, 0.1) is 5.92 Å². The van der Waals surface area contributed by atoms with Crippen LogP contribution in [0.5, 0.6) is 5.75 Å². The second-order valence-electron chi connectivity index (χ2n) is 6.69. The van der Waals surface area contributed by atoms with Gasteiger partial charge in [-0.3, -0.25) is 0 Å². The molecule has 3 atom stereocenters. The summed E-state index contributed by atoms with van der Waals surface area (Å²) < 4.78 is 6.29. The Labute approximate surface area is 129 Å². The molecule has 3 rings (SSSR count). The maximum Gasteiger partial charge on any atom is 0.120 e. The van der Waals surface area contributed by atoms with Crippen molar-refractivity contribution in [3.05, 3.63) is 29.3 Å². The van der Waals surface area contributed by atoms with Gasteiger partial charge < -0.3 is 10.1 Å². The van der Waals surface area contributed by atoms with Gasteiger partial charge in [0.1, 0.15) is 5.75 Å². The van der Waals surface area contributed by atoms with Crippen molar-refractivity contribution in [1.29, 1.82) is 0 Å². The average Bonchev–Trinajstić information content (AvgIpc) is 2.90. The number of fused-ring (bicyclic) bond motifs is 1. The number of benzene rings is 1. The quantitative estimate of drug-likeness (QED) is 0.852. The van der Waals surface area contributed by atoms with Crippen LogP contribution >= 0.6 is 0 Å². The molecule has 0 aliphatic heterocycles. The summed E-state index contributed by atoms with van der Waals surface area (Å²) >= 11 is 0. The number of hydrogen-bond donors (Lipinski definition) is 1. The van der Waals surface area contributed by atoms with Gasteiger partial charge in [0.25, 0.3) is 0 Å². The lowest BCUT2D eigenvalue weighted by Gasteiger charge is -2.29. The molecule has 2 nitrogen and oxygen atoms in total. The molecule has 2 aliphatic rings. The molecule has 1 aromatic carbocycles. The smallest absolute Gasteiger partial charge is 0.120 e. The molecule has 0 heterocycles. The van der Waals surface area contributed by atoms with Crippen molar-refractivity contribution in [1.82, 2.24) is 5.32 Å². The SMILES string of the molecule is CCNC1CCc2cc(OC3CCCC(CC)C3)ccc21. The van der Waals surface area contributed by atoms with Crippen molar-refractivity contribution < 1.29 is 4.74 Å². The molecular formula is C19H29NO. The highest BCUT2D eigenvalue weighted by Crippen LogP contribution is 2.35. The minimum absolute atomic E-state index is 0.438. The van der Waals surface area contributed by atoms with Crippen LogP contribution in [0.2, 0.25) is 0 Å². The van der Waals surface area contributed by atoms with E-state index in [-0.39, 0.29) is 0 Å². The van der Waals surface area contributed by atoms with Gasteiger partial charge in [-0.15, -0.1) is 0 Å². The zero-order chi connectivity index (χ0) is 14.7. The first-order chi connectivity index (χ1) is 10.3. The van der Waals surface area contributed by atoms with Gasteiger partial charge in [0.2, 0.25) is 0 Å². The van der Waals surface area contributed by atoms with E-state index in [2.05, 4.69) is 37.4 Å². The Morgan fingerprint density at radius 3 is 2.90 bits per heavy atom. The summed E-state index contributed by atoms with van der Waals surface area (Å²) in [5, 5.41) is 3.57. The Bertz CT molecular complexity index is 471. The van der Waals surface area contributed by atoms with Crippen LogP contribution in [0.4, 0.5) is 0 Å². The number of hydrogen-bond acceptors (Lipinski definition) is 2. The molecule has 2 aliphatic carbocycles. The Morgan fingerprint density at radius 2 is 2.10 bits per heavy atom. The van der Waals surface area contributed by atoms with Crippen LogP contribution in [-0.2, 0) is 6.42 Å². The topological polar surface area (TPSA) is 21.3 Å². The molecule has 1 fully saturated rings. The van der Waals surface area contributed by atoms with Gasteiger partial charge in [-0.05, 0) is 67.8 Å². The van der Waals surface area contributed by atoms with E-state index in [0.717, 1.165) is 18.2 Å². The Kier molecular flexibility index (Phi) is 4.84. The van der Waals surface area contributed by atoms with E-state index in [1.807, 2.05) is 0 Å². The van der Waals surface area contributed by atoms with Crippen LogP contribution < -0.4 is 10.1 Å². The summed E-state index contributed by atoms with van der Waals surface area (Å²) in [4.78, 5) is 0. The number of nitrogens with one attached hydrogen (secondary N) is 1. The Hall–Kier alpha value is -1.02. The predicted molar refractivity (Wildman–Crippen MR) is 87.8 cm³/mol. The lowest BCUT2D eigenvalue weighted by molar-refractivity contribution is 0.122. The van der Waals surface area contributed by atoms with Gasteiger partial charge >= 0.3 is 0 Å². The highest BCUT2D eigenvalue weighted by atomic mass is 16.5. The van der Waals surface area contributed by atoms with E-state index in [1.54, 1.807) is 0 Å². The fraction of sp³-hybridized carbons (Fsp3) is 0.684. The molecular weight excluding hydrogens is 258 g/mol. The minimum atomic E-state index is 0.438. The average molecular weight is 287 g/mol. The zero-order valence-corrected chi connectivity index (χ0v) is 13.5. The highest BCUT2D eigenvalue weighted by molar-refractivity contribution is 5.40. The molecule has 0 radical (unpaired) electrons. The van der Waals surface area contributed by atoms with E-state index in [9.17, 15) is 0 Å². The van der Waals surface area contributed by atoms with Crippen molar-refractivity contribution in [3.8, 4) is 5.75 Å². The van der Waals surface area contributed by atoms with Crippen molar-refractivity contribution in [2.45, 2.75) is 70.9 Å². The van der Waals surface area contributed by atoms with Gasteiger partial charge in [-0.25, -0.2) is 0 Å². The Balaban J connectivity index is 1.65. The van der Waals surface area contributed by atoms with E-state index >= 15 is 0 Å². The van der Waals surface area contributed by atoms with E-state index in [0.29, 0.717) is 12.1 Å². The van der Waals surface area contributed by atoms with Gasteiger partial charge in [0, 0.05) is 6.04 Å². The molecule has 0 saturated heterocycles. The Morgan fingerprint density at radius 1 is 1.19 bits per heavy atom. The number of rotatable bonds is 5. The number of ether oxygens (including phenoxy) is 1. The molecule has 3 unspecified atom stereocenters. The minimum Gasteiger partial charge on any atom is -0.490 e. The summed E-state index contributed by atoms with van der Waals surface area (Å²) in [6.07, 6.45) is 9.35. The number of aryl methyl sites for hydroxylation is 1. The van der Waals surface area contributed by atoms with Gasteiger partial charge in [0.05, 0.1) is 6.10 Å². The third-order valence-corrected chi connectivity index (χ3v) is 5.26. The first-order valence-electron chi connectivity index (χ1n) is 8.83. The van der Waals surface area contributed by atoms with Gasteiger partial charge in [-0.1, -0.05) is 32.8 Å². The molecule has 0 amide bonds. The second-order valence-corrected chi connectivity index (χ2v) is 6.69. The zero-order valence-electron chi connectivity index (χ0n) is 13.5. The molecule has 0 aromatic heterocycles. The predicted octanol–water partition coefficient (Wildman–Crippen LogP) is 4.63. The molecule has 1 N–H and O–H groups in total. The van der Waals surface area contributed by atoms with E-state index < -0.39 is 0 Å². The lowest BCUT2D eigenvalue weighted by atomic mass is 9.85. The van der Waals surface area contributed by atoms with E-state index in [4.69, 9.17) is 4.74 Å². The van der Waals surface area contributed by atoms with Crippen LogP contribution in [0.1, 0.15) is 69.5 Å². The van der Waals surface area contributed by atoms with Gasteiger partial charge in [0.15, 0.2) is 0 Å². The summed E-state index contributed by atoms with van der Waals surface area (Å²) in [6, 6.07) is 7.32. The van der Waals surface area contributed by atoms with Crippen LogP contribution in [0.25, 0.3) is 0 Å². The normalized spacial score (nSPS) is 28.4. The van der Waals surface area contributed by atoms with Crippen LogP contribution in [-0.4, -0.2) is 12.6 Å². The third-order valence-electron chi connectivity index (χ3n) is 5.26. The molecule has 1 saturated carbocycles. The third kappa shape index (κ3) is 3.42. The summed E-state index contributed by atoms with van der Waals surface area (Å²) in [6.45, 7) is 5.54. The summed E-state index contributed by atoms with van der Waals surface area (Å²) in [7, 11) is 0. The molecule has 0 bridgehead atoms. The first kappa shape index (κ1) is 14.9. The summed E-state index contributed by atoms with van der Waals surface area (Å²) in [5.74, 6) is 1.96. The van der Waals surface area contributed by atoms with Crippen LogP contribution in [0.15, 0.2) is 18.2 Å². The molecule has 0 spiro atoms.